The Morgan fingerprint density at radius 3 is 1.54 bits per heavy atom. The molecule has 0 radical (unpaired) electrons. The maximum absolute atomic E-state index is 6.66. The van der Waals surface area contributed by atoms with Gasteiger partial charge in [-0.1, -0.05) is 0 Å². The van der Waals surface area contributed by atoms with Crippen LogP contribution in [0.2, 0.25) is 0 Å². The van der Waals surface area contributed by atoms with E-state index in [1.165, 1.54) is 21.7 Å². The summed E-state index contributed by atoms with van der Waals surface area (Å²) in [5, 5.41) is 3.56. The van der Waals surface area contributed by atoms with Gasteiger partial charge in [0.05, 0.1) is 0 Å². The first-order chi connectivity index (χ1) is 12.8. The Kier molecular flexibility index (Phi) is 4.44. The first-order valence-electron chi connectivity index (χ1n) is 9.30. The molecule has 1 aliphatic heterocycles. The van der Waals surface area contributed by atoms with E-state index in [4.69, 9.17) is 9.05 Å². The first-order valence-corrected chi connectivity index (χ1v) is 11.4. The fourth-order valence-corrected chi connectivity index (χ4v) is 9.19. The molecule has 3 aromatic carbocycles. The van der Waals surface area contributed by atoms with Gasteiger partial charge in [0, 0.05) is 0 Å². The number of benzene rings is 3. The maximum atomic E-state index is 6.66. The van der Waals surface area contributed by atoms with Gasteiger partial charge in [-0.3, -0.25) is 0 Å². The van der Waals surface area contributed by atoms with Crippen LogP contribution in [0.3, 0.4) is 0 Å². The van der Waals surface area contributed by atoms with Crippen molar-refractivity contribution in [3.8, 4) is 0 Å². The van der Waals surface area contributed by atoms with Crippen LogP contribution in [-0.2, 0) is 21.9 Å². The van der Waals surface area contributed by atoms with E-state index in [1.807, 2.05) is 6.07 Å². The predicted molar refractivity (Wildman–Crippen MR) is 111 cm³/mol. The minimum atomic E-state index is -3.36. The number of aryl methyl sites for hydroxylation is 2. The Morgan fingerprint density at radius 1 is 0.654 bits per heavy atom. The Balaban J connectivity index is 2.15. The monoisotopic (exact) mass is 364 g/mol. The van der Waals surface area contributed by atoms with Gasteiger partial charge >= 0.3 is 155 Å². The fourth-order valence-electron chi connectivity index (χ4n) is 4.16. The molecule has 0 saturated carbocycles. The third-order valence-electron chi connectivity index (χ3n) is 5.44. The van der Waals surface area contributed by atoms with Crippen molar-refractivity contribution >= 4 is 23.0 Å². The summed E-state index contributed by atoms with van der Waals surface area (Å²) in [6.07, 6.45) is 1.89. The molecule has 1 fully saturated rings. The second-order valence-corrected chi connectivity index (χ2v) is 10.5. The normalized spacial score (nSPS) is 19.1. The van der Waals surface area contributed by atoms with Crippen LogP contribution < -0.4 is 15.9 Å². The Labute approximate surface area is 155 Å². The Bertz CT molecular complexity index is 865. The summed E-state index contributed by atoms with van der Waals surface area (Å²) >= 11 is 0. The van der Waals surface area contributed by atoms with Crippen molar-refractivity contribution < 1.29 is 9.05 Å². The SMILES string of the molecule is CCc1ccccc1P1(c2ccccc2)(c2ccccc2CC)OCO1. The van der Waals surface area contributed by atoms with Crippen molar-refractivity contribution in [2.45, 2.75) is 26.7 Å². The summed E-state index contributed by atoms with van der Waals surface area (Å²) < 4.78 is 13.3. The zero-order chi connectivity index (χ0) is 18.1. The number of rotatable bonds is 5. The van der Waals surface area contributed by atoms with Crippen LogP contribution in [0.25, 0.3) is 0 Å². The number of hydrogen-bond acceptors (Lipinski definition) is 2. The zero-order valence-electron chi connectivity index (χ0n) is 15.4. The van der Waals surface area contributed by atoms with E-state index in [-0.39, 0.29) is 0 Å². The molecule has 0 spiro atoms. The van der Waals surface area contributed by atoms with Crippen molar-refractivity contribution in [1.29, 1.82) is 0 Å². The van der Waals surface area contributed by atoms with Gasteiger partial charge in [-0.05, 0) is 0 Å². The summed E-state index contributed by atoms with van der Waals surface area (Å²) in [5.74, 6) is 0. The van der Waals surface area contributed by atoms with Crippen molar-refractivity contribution in [2.75, 3.05) is 6.79 Å². The van der Waals surface area contributed by atoms with Crippen LogP contribution in [0.4, 0.5) is 0 Å². The van der Waals surface area contributed by atoms with E-state index in [9.17, 15) is 0 Å². The van der Waals surface area contributed by atoms with Crippen molar-refractivity contribution in [1.82, 2.24) is 0 Å². The second kappa shape index (κ2) is 6.63. The molecule has 0 aliphatic carbocycles. The van der Waals surface area contributed by atoms with Crippen LogP contribution >= 0.6 is 7.06 Å². The van der Waals surface area contributed by atoms with Gasteiger partial charge in [-0.2, -0.15) is 0 Å². The fraction of sp³-hybridized carbons (Fsp3) is 0.217. The summed E-state index contributed by atoms with van der Waals surface area (Å²) in [5.41, 5.74) is 2.58. The molecule has 0 atom stereocenters. The molecule has 0 bridgehead atoms. The molecule has 0 unspecified atom stereocenters. The van der Waals surface area contributed by atoms with Crippen LogP contribution in [0.1, 0.15) is 25.0 Å². The molecule has 3 heteroatoms. The third kappa shape index (κ3) is 2.23. The molecule has 1 aliphatic rings. The molecule has 0 N–H and O–H groups in total. The molecule has 2 nitrogen and oxygen atoms in total. The summed E-state index contributed by atoms with van der Waals surface area (Å²) in [6.45, 7) is 4.73. The summed E-state index contributed by atoms with van der Waals surface area (Å²) in [7, 11) is -3.36. The summed E-state index contributed by atoms with van der Waals surface area (Å²) in [6, 6.07) is 27.8. The molecule has 0 aromatic heterocycles. The molecule has 26 heavy (non-hydrogen) atoms. The summed E-state index contributed by atoms with van der Waals surface area (Å²) in [4.78, 5) is 0. The topological polar surface area (TPSA) is 18.5 Å². The Hall–Kier alpha value is -1.99. The van der Waals surface area contributed by atoms with Gasteiger partial charge in [0.2, 0.25) is 0 Å². The molecule has 134 valence electrons. The van der Waals surface area contributed by atoms with Crippen LogP contribution in [0, 0.1) is 0 Å². The van der Waals surface area contributed by atoms with Gasteiger partial charge in [0.1, 0.15) is 0 Å². The van der Waals surface area contributed by atoms with Gasteiger partial charge in [0.15, 0.2) is 0 Å². The second-order valence-electron chi connectivity index (χ2n) is 6.63. The van der Waals surface area contributed by atoms with E-state index in [2.05, 4.69) is 86.6 Å². The van der Waals surface area contributed by atoms with Crippen molar-refractivity contribution in [3.05, 3.63) is 90.0 Å². The number of hydrogen-bond donors (Lipinski definition) is 0. The van der Waals surface area contributed by atoms with Gasteiger partial charge in [0.25, 0.3) is 0 Å². The average Bonchev–Trinajstić information content (AvgIpc) is 2.69. The van der Waals surface area contributed by atoms with Crippen LogP contribution in [-0.4, -0.2) is 6.79 Å². The van der Waals surface area contributed by atoms with Gasteiger partial charge in [-0.25, -0.2) is 0 Å². The average molecular weight is 364 g/mol. The first kappa shape index (κ1) is 17.4. The van der Waals surface area contributed by atoms with Crippen LogP contribution in [0.5, 0.6) is 0 Å². The molecule has 1 saturated heterocycles. The van der Waals surface area contributed by atoms with Crippen LogP contribution in [0.15, 0.2) is 78.9 Å². The van der Waals surface area contributed by atoms with E-state index in [0.29, 0.717) is 6.79 Å². The quantitative estimate of drug-likeness (QED) is 0.622. The van der Waals surface area contributed by atoms with Gasteiger partial charge < -0.3 is 0 Å². The predicted octanol–water partition coefficient (Wildman–Crippen LogP) is 4.48. The van der Waals surface area contributed by atoms with Gasteiger partial charge in [-0.15, -0.1) is 0 Å². The minimum absolute atomic E-state index is 0.336. The van der Waals surface area contributed by atoms with E-state index >= 15 is 0 Å². The van der Waals surface area contributed by atoms with Crippen molar-refractivity contribution in [3.63, 3.8) is 0 Å². The Morgan fingerprint density at radius 2 is 1.12 bits per heavy atom. The standard InChI is InChI=1S/C23H25O2P/c1-3-19-12-8-10-16-22(19)26(24-18-25-26,21-14-6-5-7-15-21)23-17-11-9-13-20(23)4-2/h5-17H,3-4,18H2,1-2H3. The third-order valence-corrected chi connectivity index (χ3v) is 10.5. The molecular formula is C23H25O2P. The van der Waals surface area contributed by atoms with E-state index in [0.717, 1.165) is 18.1 Å². The molecular weight excluding hydrogens is 339 g/mol. The zero-order valence-corrected chi connectivity index (χ0v) is 16.3. The molecule has 1 heterocycles. The molecule has 4 rings (SSSR count). The van der Waals surface area contributed by atoms with E-state index in [1.54, 1.807) is 0 Å². The molecule has 0 amide bonds. The van der Waals surface area contributed by atoms with Crippen molar-refractivity contribution in [2.24, 2.45) is 0 Å². The molecule has 3 aromatic rings. The van der Waals surface area contributed by atoms with E-state index < -0.39 is 7.06 Å².